The third-order valence-corrected chi connectivity index (χ3v) is 24.1. The Morgan fingerprint density at radius 2 is 0.606 bits per heavy atom. The van der Waals surface area contributed by atoms with Crippen molar-refractivity contribution in [3.8, 4) is 0 Å². The Kier molecular flexibility index (Phi) is 27.7. The SMILES string of the molecule is CC1(C)CN(c2ccc3[nH]c(=O)oc3c2)CCN1.CN(C)CCn1c(=O)oc2cc(N3CCNCC3)ccc21.C[C@@H]1CN(c2ccc3c(c2)oc(=O)n3C)CCN1.C[C@H]1CN(c2ccc3c(c2)oc(=O)n3C)CCN1.Cn1c(=O)oc2cc(N3CCNC(C)(C)C3)ccc21.Cn1c(=O)oc2cc(N3CCNCC3)ccc21.O=c1[nH]c2ccc(N3CCNCC3)cc2o1. The molecule has 7 aromatic heterocycles. The minimum atomic E-state index is -0.400. The standard InChI is InChI=1S/C15H22N4O2.C14H19N3O2.3C13H17N3O2.C12H15N3O2.C11H13N3O2/c1-17(2)9-10-19-13-4-3-12(11-14(13)21-15(19)20)18-7-5-16-6-8-18;1-14(2)9-17(7-6-15-14)10-4-5-11-12(8-10)19-13(18)16(11)3;1-13(2)8-16(6-5-14-13)9-3-4-10-11(7-9)18-12(17)15-10;2*1-9-8-16(6-5-14-9)10-3-4-11-12(7-10)18-13(17)15(11)2;1-14-10-3-2-9(8-11(10)17-12(14)16)15-6-4-13-5-7-15;15-11-13-9-2-1-8(7-10(9)16-11)14-5-3-12-4-6-14/h3-4,11,16H,5-10H2,1-2H3;4-5,8,15H,6-7,9H2,1-3H3;3-4,7,14H,5-6,8H2,1-2H3,(H,15,17);2*3-4,7,9,14H,5-6,8H2,1-2H3;2-3,8,13H,4-7H2,1H3;1-2,7,12H,3-6H2,(H,13,15)/t;;;2*9-;;/m...10../s1. The Balaban J connectivity index is 0.000000114. The molecule has 7 aromatic carbocycles. The van der Waals surface area contributed by atoms with Crippen LogP contribution in [0.1, 0.15) is 41.5 Å². The lowest BCUT2D eigenvalue weighted by molar-refractivity contribution is 0.353. The van der Waals surface area contributed by atoms with E-state index in [9.17, 15) is 33.6 Å². The molecule has 9 N–H and O–H groups in total. The van der Waals surface area contributed by atoms with Gasteiger partial charge in [-0.1, -0.05) is 0 Å². The van der Waals surface area contributed by atoms with Crippen molar-refractivity contribution in [2.75, 3.05) is 212 Å². The van der Waals surface area contributed by atoms with Gasteiger partial charge in [0, 0.05) is 304 Å². The summed E-state index contributed by atoms with van der Waals surface area (Å²) in [7, 11) is 10.9. The molecule has 14 heterocycles. The van der Waals surface area contributed by atoms with Crippen LogP contribution in [0.3, 0.4) is 0 Å². The highest BCUT2D eigenvalue weighted by atomic mass is 16.4. The Morgan fingerprint density at radius 3 is 0.929 bits per heavy atom. The molecule has 2 atom stereocenters. The van der Waals surface area contributed by atoms with Gasteiger partial charge in [-0.25, -0.2) is 33.6 Å². The van der Waals surface area contributed by atoms with E-state index in [1.165, 1.54) is 18.3 Å². The van der Waals surface area contributed by atoms with Crippen LogP contribution in [-0.2, 0) is 34.7 Å². The average molecular weight is 1750 g/mol. The molecule has 7 saturated heterocycles. The number of nitrogens with one attached hydrogen (secondary N) is 9. The van der Waals surface area contributed by atoms with Crippen LogP contribution in [0.4, 0.5) is 39.8 Å². The van der Waals surface area contributed by atoms with Gasteiger partial charge in [0.15, 0.2) is 39.1 Å². The maximum Gasteiger partial charge on any atom is 0.419 e. The summed E-state index contributed by atoms with van der Waals surface area (Å²) in [6.45, 7) is 38.1. The minimum absolute atomic E-state index is 0.102. The van der Waals surface area contributed by atoms with E-state index in [1.54, 1.807) is 32.8 Å². The number of hydrogen-bond acceptors (Lipinski definition) is 29. The van der Waals surface area contributed by atoms with Gasteiger partial charge in [-0.15, -0.1) is 0 Å². The Bertz CT molecular complexity index is 6450. The number of aromatic nitrogens is 7. The van der Waals surface area contributed by atoms with Crippen LogP contribution in [0.25, 0.3) is 77.7 Å². The summed E-state index contributed by atoms with van der Waals surface area (Å²) < 4.78 is 44.3. The Hall–Kier alpha value is -12.3. The number of H-pyrrole nitrogens is 2. The first-order valence-electron chi connectivity index (χ1n) is 43.8. The number of hydrogen-bond donors (Lipinski definition) is 9. The molecular weight excluding hydrogens is 1630 g/mol. The monoisotopic (exact) mass is 1740 g/mol. The van der Waals surface area contributed by atoms with E-state index in [4.69, 9.17) is 30.9 Å². The summed E-state index contributed by atoms with van der Waals surface area (Å²) >= 11 is 0. The molecule has 7 aliphatic rings. The van der Waals surface area contributed by atoms with Gasteiger partial charge in [-0.3, -0.25) is 32.8 Å². The molecule has 0 unspecified atom stereocenters. The van der Waals surface area contributed by atoms with Gasteiger partial charge < -0.3 is 107 Å². The van der Waals surface area contributed by atoms with Gasteiger partial charge in [0.25, 0.3) is 0 Å². The lowest BCUT2D eigenvalue weighted by Crippen LogP contribution is -2.57. The molecule has 7 aliphatic heterocycles. The first-order valence-corrected chi connectivity index (χ1v) is 43.8. The molecule has 0 spiro atoms. The fourth-order valence-corrected chi connectivity index (χ4v) is 17.1. The fraction of sp³-hybridized carbons (Fsp3) is 0.462. The number of aryl methyl sites for hydroxylation is 4. The third kappa shape index (κ3) is 21.7. The zero-order valence-corrected chi connectivity index (χ0v) is 74.7. The van der Waals surface area contributed by atoms with Crippen LogP contribution in [-0.4, -0.2) is 239 Å². The molecule has 36 nitrogen and oxygen atoms in total. The van der Waals surface area contributed by atoms with Crippen LogP contribution in [0.5, 0.6) is 0 Å². The first kappa shape index (κ1) is 89.5. The number of nitrogens with zero attached hydrogens (tertiary/aromatic N) is 13. The molecule has 0 saturated carbocycles. The number of aromatic amines is 2. The van der Waals surface area contributed by atoms with Crippen LogP contribution >= 0.6 is 0 Å². The molecule has 127 heavy (non-hydrogen) atoms. The van der Waals surface area contributed by atoms with Crippen molar-refractivity contribution in [2.24, 2.45) is 28.2 Å². The summed E-state index contributed by atoms with van der Waals surface area (Å²) in [4.78, 5) is 103. The van der Waals surface area contributed by atoms with Crippen LogP contribution < -0.4 is 112 Å². The van der Waals surface area contributed by atoms with E-state index < -0.39 is 11.5 Å². The summed E-state index contributed by atoms with van der Waals surface area (Å²) in [5, 5.41) is 23.8. The van der Waals surface area contributed by atoms with Crippen LogP contribution in [0.15, 0.2) is 192 Å². The number of rotatable bonds is 10. The average Bonchev–Trinajstić information content (AvgIpc) is 1.68. The van der Waals surface area contributed by atoms with E-state index in [1.807, 2.05) is 117 Å². The summed E-state index contributed by atoms with van der Waals surface area (Å²) in [5.41, 5.74) is 18.3. The molecule has 0 radical (unpaired) electrons. The highest BCUT2D eigenvalue weighted by Gasteiger charge is 2.29. The largest absolute Gasteiger partial charge is 0.419 e. The third-order valence-electron chi connectivity index (χ3n) is 24.1. The second kappa shape index (κ2) is 39.3. The number of anilines is 7. The van der Waals surface area contributed by atoms with E-state index in [0.29, 0.717) is 57.7 Å². The topological polar surface area (TPSA) is 378 Å². The molecule has 36 heteroatoms. The predicted octanol–water partition coefficient (Wildman–Crippen LogP) is 6.13. The van der Waals surface area contributed by atoms with Gasteiger partial charge >= 0.3 is 40.3 Å². The first-order chi connectivity index (χ1) is 61.0. The smallest absolute Gasteiger partial charge is 0.408 e. The van der Waals surface area contributed by atoms with E-state index in [2.05, 4.69) is 152 Å². The number of piperazine rings is 7. The van der Waals surface area contributed by atoms with Crippen molar-refractivity contribution < 1.29 is 30.9 Å². The van der Waals surface area contributed by atoms with E-state index in [-0.39, 0.29) is 39.9 Å². The molecule has 0 bridgehead atoms. The summed E-state index contributed by atoms with van der Waals surface area (Å²) in [6, 6.07) is 42.5. The Morgan fingerprint density at radius 1 is 0.331 bits per heavy atom. The molecule has 7 fully saturated rings. The number of likely N-dealkylation sites (N-methyl/N-ethyl adjacent to an activating group) is 1. The number of fused-ring (bicyclic) bond motifs is 7. The maximum absolute atomic E-state index is 12.0. The van der Waals surface area contributed by atoms with Gasteiger partial charge in [0.1, 0.15) is 0 Å². The van der Waals surface area contributed by atoms with Crippen molar-refractivity contribution in [3.63, 3.8) is 0 Å². The predicted molar refractivity (Wildman–Crippen MR) is 502 cm³/mol. The van der Waals surface area contributed by atoms with Crippen LogP contribution in [0.2, 0.25) is 0 Å². The summed E-state index contributed by atoms with van der Waals surface area (Å²) in [6.07, 6.45) is 0. The summed E-state index contributed by atoms with van der Waals surface area (Å²) in [5.74, 6) is -2.31. The molecular formula is C91H120N22O14. The van der Waals surface area contributed by atoms with Gasteiger partial charge in [0.2, 0.25) is 0 Å². The second-order valence-electron chi connectivity index (χ2n) is 35.0. The van der Waals surface area contributed by atoms with E-state index >= 15 is 0 Å². The van der Waals surface area contributed by atoms with Crippen molar-refractivity contribution in [1.29, 1.82) is 0 Å². The molecule has 14 aromatic rings. The fourth-order valence-electron chi connectivity index (χ4n) is 17.1. The normalized spacial score (nSPS) is 18.4. The van der Waals surface area contributed by atoms with Gasteiger partial charge in [-0.05, 0) is 141 Å². The molecule has 678 valence electrons. The molecule has 0 aliphatic carbocycles. The van der Waals surface area contributed by atoms with Crippen molar-refractivity contribution in [1.82, 2.24) is 74.9 Å². The highest BCUT2D eigenvalue weighted by molar-refractivity contribution is 5.83. The zero-order chi connectivity index (χ0) is 89.4. The maximum atomic E-state index is 12.0. The van der Waals surface area contributed by atoms with Crippen molar-refractivity contribution >= 4 is 118 Å². The zero-order valence-electron chi connectivity index (χ0n) is 74.7. The van der Waals surface area contributed by atoms with Crippen LogP contribution in [0, 0.1) is 0 Å². The molecule has 0 amide bonds. The van der Waals surface area contributed by atoms with Crippen molar-refractivity contribution in [2.45, 2.75) is 71.2 Å². The quantitative estimate of drug-likeness (QED) is 0.0743. The second-order valence-corrected chi connectivity index (χ2v) is 35.0. The number of benzene rings is 7. The van der Waals surface area contributed by atoms with Crippen molar-refractivity contribution in [3.05, 3.63) is 201 Å². The Labute approximate surface area is 732 Å². The lowest BCUT2D eigenvalue weighted by Gasteiger charge is -2.40. The van der Waals surface area contributed by atoms with E-state index in [0.717, 1.165) is 242 Å². The highest BCUT2D eigenvalue weighted by Crippen LogP contribution is 2.30. The lowest BCUT2D eigenvalue weighted by atomic mass is 10.0. The van der Waals surface area contributed by atoms with Gasteiger partial charge in [0.05, 0.1) is 38.6 Å². The minimum Gasteiger partial charge on any atom is -0.408 e. The molecule has 21 rings (SSSR count). The number of oxazole rings is 7. The van der Waals surface area contributed by atoms with Gasteiger partial charge in [-0.2, -0.15) is 0 Å².